The third-order valence-electron chi connectivity index (χ3n) is 5.97. The molecule has 1 heterocycles. The second kappa shape index (κ2) is 11.4. The van der Waals surface area contributed by atoms with E-state index in [0.717, 1.165) is 49.7 Å². The van der Waals surface area contributed by atoms with E-state index in [9.17, 15) is 13.2 Å². The quantitative estimate of drug-likeness (QED) is 0.568. The molecule has 0 bridgehead atoms. The monoisotopic (exact) mass is 470 g/mol. The molecule has 1 aliphatic heterocycles. The molecule has 7 nitrogen and oxygen atoms in total. The van der Waals surface area contributed by atoms with E-state index < -0.39 is 10.0 Å². The summed E-state index contributed by atoms with van der Waals surface area (Å²) in [4.78, 5) is 17.6. The fourth-order valence-corrected chi connectivity index (χ4v) is 5.43. The van der Waals surface area contributed by atoms with Crippen molar-refractivity contribution in [3.63, 3.8) is 0 Å². The Morgan fingerprint density at radius 3 is 2.21 bits per heavy atom. The standard InChI is InChI=1S/C25H34N4O3S/c1-4-27-17-19-28(20-18-27)24-10-8-7-9-23(24)26-25(30)16-13-21-11-14-22(15-12-21)33(31,32)29(5-2)6-3/h7-16H,4-6,17-20H2,1-3H3,(H,26,30)/b16-13+. The molecule has 178 valence electrons. The van der Waals surface area contributed by atoms with Gasteiger partial charge in [0.05, 0.1) is 16.3 Å². The molecule has 0 unspecified atom stereocenters. The third-order valence-corrected chi connectivity index (χ3v) is 8.04. The Kier molecular flexibility index (Phi) is 8.66. The highest BCUT2D eigenvalue weighted by atomic mass is 32.2. The first-order valence-electron chi connectivity index (χ1n) is 11.5. The lowest BCUT2D eigenvalue weighted by Gasteiger charge is -2.36. The van der Waals surface area contributed by atoms with Gasteiger partial charge in [0, 0.05) is 45.3 Å². The fraction of sp³-hybridized carbons (Fsp3) is 0.400. The number of amides is 1. The molecule has 1 aliphatic rings. The van der Waals surface area contributed by atoms with Crippen molar-refractivity contribution in [3.8, 4) is 0 Å². The number of para-hydroxylation sites is 2. The van der Waals surface area contributed by atoms with Gasteiger partial charge in [-0.3, -0.25) is 4.79 Å². The predicted molar refractivity (Wildman–Crippen MR) is 135 cm³/mol. The van der Waals surface area contributed by atoms with Crippen LogP contribution < -0.4 is 10.2 Å². The first-order chi connectivity index (χ1) is 15.9. The summed E-state index contributed by atoms with van der Waals surface area (Å²) in [6.45, 7) is 11.6. The lowest BCUT2D eigenvalue weighted by atomic mass is 10.2. The first kappa shape index (κ1) is 25.0. The van der Waals surface area contributed by atoms with Crippen LogP contribution in [0.3, 0.4) is 0 Å². The average Bonchev–Trinajstić information content (AvgIpc) is 2.84. The van der Waals surface area contributed by atoms with Crippen molar-refractivity contribution < 1.29 is 13.2 Å². The van der Waals surface area contributed by atoms with Crippen LogP contribution in [0.1, 0.15) is 26.3 Å². The zero-order valence-electron chi connectivity index (χ0n) is 19.7. The van der Waals surface area contributed by atoms with Gasteiger partial charge in [-0.1, -0.05) is 45.0 Å². The molecular weight excluding hydrogens is 436 g/mol. The summed E-state index contributed by atoms with van der Waals surface area (Å²) in [5, 5.41) is 2.99. The van der Waals surface area contributed by atoms with Crippen LogP contribution in [0.15, 0.2) is 59.5 Å². The second-order valence-electron chi connectivity index (χ2n) is 7.92. The number of anilines is 2. The van der Waals surface area contributed by atoms with E-state index in [4.69, 9.17) is 0 Å². The normalized spacial score (nSPS) is 15.3. The molecule has 0 spiro atoms. The number of hydrogen-bond donors (Lipinski definition) is 1. The molecule has 8 heteroatoms. The number of sulfonamides is 1. The SMILES string of the molecule is CCN1CCN(c2ccccc2NC(=O)/C=C/c2ccc(S(=O)(=O)N(CC)CC)cc2)CC1. The van der Waals surface area contributed by atoms with Crippen LogP contribution in [0.5, 0.6) is 0 Å². The Morgan fingerprint density at radius 1 is 0.970 bits per heavy atom. The van der Waals surface area contributed by atoms with Crippen molar-refractivity contribution in [2.24, 2.45) is 0 Å². The summed E-state index contributed by atoms with van der Waals surface area (Å²) in [6, 6.07) is 14.4. The summed E-state index contributed by atoms with van der Waals surface area (Å²) in [5.74, 6) is -0.227. The second-order valence-corrected chi connectivity index (χ2v) is 9.86. The lowest BCUT2D eigenvalue weighted by molar-refractivity contribution is -0.111. The Hall–Kier alpha value is -2.68. The maximum atomic E-state index is 12.6. The van der Waals surface area contributed by atoms with E-state index in [2.05, 4.69) is 22.0 Å². The predicted octanol–water partition coefficient (Wildman–Crippen LogP) is 3.51. The molecule has 0 atom stereocenters. The van der Waals surface area contributed by atoms with Gasteiger partial charge in [-0.15, -0.1) is 0 Å². The van der Waals surface area contributed by atoms with Crippen LogP contribution >= 0.6 is 0 Å². The van der Waals surface area contributed by atoms with Gasteiger partial charge in [-0.25, -0.2) is 8.42 Å². The highest BCUT2D eigenvalue weighted by Crippen LogP contribution is 2.26. The topological polar surface area (TPSA) is 73.0 Å². The number of nitrogens with zero attached hydrogens (tertiary/aromatic N) is 3. The zero-order chi connectivity index (χ0) is 23.8. The number of carbonyl (C=O) groups excluding carboxylic acids is 1. The summed E-state index contributed by atoms with van der Waals surface area (Å²) in [6.07, 6.45) is 3.16. The Bertz CT molecular complexity index is 1060. The van der Waals surface area contributed by atoms with Gasteiger partial charge in [0.2, 0.25) is 15.9 Å². The van der Waals surface area contributed by atoms with E-state index in [1.165, 1.54) is 10.4 Å². The van der Waals surface area contributed by atoms with Crippen LogP contribution in [0.2, 0.25) is 0 Å². The molecule has 0 radical (unpaired) electrons. The molecule has 1 amide bonds. The molecule has 0 saturated carbocycles. The van der Waals surface area contributed by atoms with E-state index in [0.29, 0.717) is 13.1 Å². The van der Waals surface area contributed by atoms with E-state index in [1.807, 2.05) is 38.1 Å². The van der Waals surface area contributed by atoms with Gasteiger partial charge >= 0.3 is 0 Å². The van der Waals surface area contributed by atoms with Crippen LogP contribution in [-0.2, 0) is 14.8 Å². The summed E-state index contributed by atoms with van der Waals surface area (Å²) >= 11 is 0. The van der Waals surface area contributed by atoms with E-state index in [-0.39, 0.29) is 10.8 Å². The Balaban J connectivity index is 1.65. The van der Waals surface area contributed by atoms with Crippen LogP contribution in [0.25, 0.3) is 6.08 Å². The molecule has 0 aliphatic carbocycles. The lowest BCUT2D eigenvalue weighted by Crippen LogP contribution is -2.46. The minimum Gasteiger partial charge on any atom is -0.367 e. The van der Waals surface area contributed by atoms with Crippen molar-refractivity contribution in [1.29, 1.82) is 0 Å². The van der Waals surface area contributed by atoms with Gasteiger partial charge < -0.3 is 15.1 Å². The molecule has 2 aromatic carbocycles. The molecule has 33 heavy (non-hydrogen) atoms. The Labute approximate surface area is 197 Å². The molecule has 0 aromatic heterocycles. The minimum absolute atomic E-state index is 0.227. The number of nitrogens with one attached hydrogen (secondary N) is 1. The van der Waals surface area contributed by atoms with Crippen molar-refractivity contribution >= 4 is 33.4 Å². The maximum absolute atomic E-state index is 12.6. The number of hydrogen-bond acceptors (Lipinski definition) is 5. The maximum Gasteiger partial charge on any atom is 0.248 e. The summed E-state index contributed by atoms with van der Waals surface area (Å²) < 4.78 is 26.6. The van der Waals surface area contributed by atoms with Gasteiger partial charge in [0.1, 0.15) is 0 Å². The summed E-state index contributed by atoms with van der Waals surface area (Å²) in [7, 11) is -3.49. The minimum atomic E-state index is -3.49. The fourth-order valence-electron chi connectivity index (χ4n) is 3.97. The van der Waals surface area contributed by atoms with E-state index in [1.54, 1.807) is 30.3 Å². The summed E-state index contributed by atoms with van der Waals surface area (Å²) in [5.41, 5.74) is 2.58. The van der Waals surface area contributed by atoms with Gasteiger partial charge in [0.25, 0.3) is 0 Å². The van der Waals surface area contributed by atoms with Crippen molar-refractivity contribution in [2.45, 2.75) is 25.7 Å². The molecule has 2 aromatic rings. The number of carbonyl (C=O) groups is 1. The molecular formula is C25H34N4O3S. The van der Waals surface area contributed by atoms with Crippen molar-refractivity contribution in [1.82, 2.24) is 9.21 Å². The molecule has 1 fully saturated rings. The number of rotatable bonds is 9. The highest BCUT2D eigenvalue weighted by Gasteiger charge is 2.21. The Morgan fingerprint density at radius 2 is 1.61 bits per heavy atom. The van der Waals surface area contributed by atoms with Gasteiger partial charge in [0.15, 0.2) is 0 Å². The number of likely N-dealkylation sites (N-methyl/N-ethyl adjacent to an activating group) is 1. The largest absolute Gasteiger partial charge is 0.367 e. The third kappa shape index (κ3) is 6.22. The van der Waals surface area contributed by atoms with E-state index >= 15 is 0 Å². The number of piperazine rings is 1. The van der Waals surface area contributed by atoms with Crippen LogP contribution in [0, 0.1) is 0 Å². The molecule has 1 saturated heterocycles. The van der Waals surface area contributed by atoms with Crippen molar-refractivity contribution in [2.75, 3.05) is 56.0 Å². The van der Waals surface area contributed by atoms with Gasteiger partial charge in [-0.2, -0.15) is 4.31 Å². The van der Waals surface area contributed by atoms with Gasteiger partial charge in [-0.05, 0) is 42.4 Å². The smallest absolute Gasteiger partial charge is 0.248 e. The molecule has 3 rings (SSSR count). The average molecular weight is 471 g/mol. The highest BCUT2D eigenvalue weighted by molar-refractivity contribution is 7.89. The first-order valence-corrected chi connectivity index (χ1v) is 13.0. The number of benzene rings is 2. The molecule has 1 N–H and O–H groups in total. The van der Waals surface area contributed by atoms with Crippen LogP contribution in [0.4, 0.5) is 11.4 Å². The zero-order valence-corrected chi connectivity index (χ0v) is 20.5. The van der Waals surface area contributed by atoms with Crippen molar-refractivity contribution in [3.05, 3.63) is 60.2 Å². The van der Waals surface area contributed by atoms with Crippen LogP contribution in [-0.4, -0.2) is 69.3 Å².